The zero-order chi connectivity index (χ0) is 39.2. The Kier molecular flexibility index (Phi) is 21.2. The molecule has 0 aliphatic rings. The molecular formula is C39H64FN11O. The molecule has 0 bridgehead atoms. The molecule has 6 aromatic rings. The number of hydrogen-bond donors (Lipinski definition) is 1. The fraction of sp³-hybridized carbons (Fsp3) is 0.538. The fourth-order valence-electron chi connectivity index (χ4n) is 3.90. The van der Waals surface area contributed by atoms with Crippen LogP contribution in [0.2, 0.25) is 0 Å². The second-order valence-electron chi connectivity index (χ2n) is 14.0. The van der Waals surface area contributed by atoms with Gasteiger partial charge in [0.15, 0.2) is 12.7 Å². The number of alkyl halides is 1. The monoisotopic (exact) mass is 722 g/mol. The van der Waals surface area contributed by atoms with Gasteiger partial charge in [0.1, 0.15) is 5.76 Å². The summed E-state index contributed by atoms with van der Waals surface area (Å²) >= 11 is 0. The summed E-state index contributed by atoms with van der Waals surface area (Å²) in [6.45, 7) is 26.6. The second-order valence-corrected chi connectivity index (χ2v) is 14.0. The first-order valence-electron chi connectivity index (χ1n) is 18.0. The summed E-state index contributed by atoms with van der Waals surface area (Å²) in [5, 5.41) is 19.7. The summed E-state index contributed by atoms with van der Waals surface area (Å²) in [4.78, 5) is 8.73. The Morgan fingerprint density at radius 2 is 1.29 bits per heavy atom. The van der Waals surface area contributed by atoms with Crippen LogP contribution >= 0.6 is 0 Å². The summed E-state index contributed by atoms with van der Waals surface area (Å²) in [5.41, 5.74) is 3.76. The molecule has 0 aromatic carbocycles. The minimum Gasteiger partial charge on any atom is -0.446 e. The lowest BCUT2D eigenvalue weighted by atomic mass is 10.1. The van der Waals surface area contributed by atoms with Gasteiger partial charge >= 0.3 is 0 Å². The maximum absolute atomic E-state index is 11.9. The van der Waals surface area contributed by atoms with Gasteiger partial charge in [0.25, 0.3) is 0 Å². The minimum atomic E-state index is -0.535. The average Bonchev–Trinajstić information content (AvgIpc) is 3.95. The number of halogens is 1. The van der Waals surface area contributed by atoms with Gasteiger partial charge in [-0.25, -0.2) is 14.1 Å². The molecular weight excluding hydrogens is 658 g/mol. The molecule has 52 heavy (non-hydrogen) atoms. The fourth-order valence-corrected chi connectivity index (χ4v) is 3.90. The smallest absolute Gasteiger partial charge is 0.196 e. The first-order chi connectivity index (χ1) is 24.5. The van der Waals surface area contributed by atoms with Crippen molar-refractivity contribution in [2.24, 2.45) is 7.05 Å². The molecule has 0 saturated carbocycles. The van der Waals surface area contributed by atoms with Gasteiger partial charge in [0.2, 0.25) is 0 Å². The Morgan fingerprint density at radius 1 is 0.692 bits per heavy atom. The van der Waals surface area contributed by atoms with Crippen molar-refractivity contribution in [3.8, 4) is 0 Å². The Balaban J connectivity index is 0.000000313. The van der Waals surface area contributed by atoms with Crippen molar-refractivity contribution in [2.45, 2.75) is 133 Å². The van der Waals surface area contributed by atoms with E-state index in [-0.39, 0.29) is 0 Å². The predicted molar refractivity (Wildman–Crippen MR) is 208 cm³/mol. The van der Waals surface area contributed by atoms with Crippen LogP contribution in [0.1, 0.15) is 147 Å². The standard InChI is InChI=1S/C7H11FN2.C7H12N2.C7H11NO.C7H11N.C6H10N2.C5H9N3/c1-6(2)7-3-9-10(4-7)5-8;1-6(2)7-4-8-9(3)5-7;1-5(2)7-8-4-6(3)9-7;1-6(2)7-3-4-8-5-7;1-6(2)8-5-3-4-7-8;1-5(2)8-6-3-4-7-8/h3-4,6H,5H2,1-2H3;4-6H,1-3H3;4-5H,1-3H3;3-6,8H,1-2H3;3-6H,1-2H3;3-5H,1-2H3. The molecule has 0 amide bonds. The number of H-pyrrole nitrogens is 1. The van der Waals surface area contributed by atoms with E-state index in [1.165, 1.54) is 15.8 Å². The van der Waals surface area contributed by atoms with E-state index in [1.807, 2.05) is 74.2 Å². The third-order valence-electron chi connectivity index (χ3n) is 7.21. The van der Waals surface area contributed by atoms with Crippen molar-refractivity contribution >= 4 is 0 Å². The number of aryl methyl sites for hydroxylation is 2. The molecule has 6 aromatic heterocycles. The van der Waals surface area contributed by atoms with Crippen LogP contribution in [0.5, 0.6) is 0 Å². The molecule has 0 atom stereocenters. The molecule has 0 aliphatic heterocycles. The Hall–Kier alpha value is -4.81. The third kappa shape index (κ3) is 18.4. The number of hydrogen-bond acceptors (Lipinski definition) is 7. The maximum atomic E-state index is 11.9. The SMILES string of the molecule is CC(C)c1cc[nH]c1.CC(C)c1cnn(C)c1.CC(C)c1cnn(CF)c1.CC(C)n1cccn1.CC(C)n1nccn1.Cc1cnc(C(C)C)o1. The quantitative estimate of drug-likeness (QED) is 0.174. The molecule has 0 aliphatic carbocycles. The highest BCUT2D eigenvalue weighted by atomic mass is 19.1. The Bertz CT molecular complexity index is 1520. The van der Waals surface area contributed by atoms with Crippen molar-refractivity contribution in [1.82, 2.24) is 54.3 Å². The van der Waals surface area contributed by atoms with Crippen molar-refractivity contribution in [2.75, 3.05) is 0 Å². The summed E-state index contributed by atoms with van der Waals surface area (Å²) in [6, 6.07) is 4.90. The van der Waals surface area contributed by atoms with Gasteiger partial charge < -0.3 is 9.40 Å². The summed E-state index contributed by atoms with van der Waals surface area (Å²) in [7, 11) is 1.94. The van der Waals surface area contributed by atoms with Gasteiger partial charge in [-0.05, 0) is 81.2 Å². The van der Waals surface area contributed by atoms with Crippen LogP contribution in [0.4, 0.5) is 4.39 Å². The van der Waals surface area contributed by atoms with Crippen LogP contribution in [0.25, 0.3) is 0 Å². The van der Waals surface area contributed by atoms with E-state index in [0.717, 1.165) is 17.2 Å². The van der Waals surface area contributed by atoms with Crippen molar-refractivity contribution in [3.63, 3.8) is 0 Å². The van der Waals surface area contributed by atoms with Crippen LogP contribution in [-0.4, -0.2) is 54.3 Å². The Labute approximate surface area is 310 Å². The van der Waals surface area contributed by atoms with E-state index in [1.54, 1.807) is 42.0 Å². The van der Waals surface area contributed by atoms with Crippen LogP contribution in [0, 0.1) is 6.92 Å². The third-order valence-corrected chi connectivity index (χ3v) is 7.21. The van der Waals surface area contributed by atoms with Crippen LogP contribution in [-0.2, 0) is 13.8 Å². The number of oxazole rings is 1. The van der Waals surface area contributed by atoms with Crippen LogP contribution < -0.4 is 0 Å². The molecule has 12 nitrogen and oxygen atoms in total. The minimum absolute atomic E-state index is 0.380. The maximum Gasteiger partial charge on any atom is 0.196 e. The van der Waals surface area contributed by atoms with Gasteiger partial charge in [-0.2, -0.15) is 30.3 Å². The number of rotatable bonds is 7. The molecule has 6 rings (SSSR count). The molecule has 1 N–H and O–H groups in total. The molecule has 6 heterocycles. The number of aromatic nitrogens is 11. The molecule has 0 fully saturated rings. The van der Waals surface area contributed by atoms with Crippen LogP contribution in [0.15, 0.2) is 84.7 Å². The van der Waals surface area contributed by atoms with Gasteiger partial charge in [0.05, 0.1) is 37.0 Å². The topological polar surface area (TPSA) is 126 Å². The van der Waals surface area contributed by atoms with Gasteiger partial charge in [-0.15, -0.1) is 0 Å². The van der Waals surface area contributed by atoms with E-state index in [4.69, 9.17) is 4.42 Å². The highest BCUT2D eigenvalue weighted by Gasteiger charge is 2.04. The highest BCUT2D eigenvalue weighted by Crippen LogP contribution is 2.14. The van der Waals surface area contributed by atoms with Crippen molar-refractivity contribution in [3.05, 3.63) is 109 Å². The first kappa shape index (κ1) is 45.2. The highest BCUT2D eigenvalue weighted by molar-refractivity contribution is 5.12. The van der Waals surface area contributed by atoms with Crippen molar-refractivity contribution in [1.29, 1.82) is 0 Å². The first-order valence-corrected chi connectivity index (χ1v) is 18.0. The van der Waals surface area contributed by atoms with E-state index >= 15 is 0 Å². The van der Waals surface area contributed by atoms with E-state index in [2.05, 4.69) is 111 Å². The zero-order valence-corrected chi connectivity index (χ0v) is 33.9. The lowest BCUT2D eigenvalue weighted by molar-refractivity contribution is 0.349. The summed E-state index contributed by atoms with van der Waals surface area (Å²) in [6.07, 6.45) is 20.2. The molecule has 0 saturated heterocycles. The largest absolute Gasteiger partial charge is 0.446 e. The van der Waals surface area contributed by atoms with Gasteiger partial charge in [-0.3, -0.25) is 9.36 Å². The predicted octanol–water partition coefficient (Wildman–Crippen LogP) is 10.0. The van der Waals surface area contributed by atoms with Crippen LogP contribution in [0.3, 0.4) is 0 Å². The number of nitrogens with one attached hydrogen (secondary N) is 1. The number of aromatic amines is 1. The summed E-state index contributed by atoms with van der Waals surface area (Å²) < 4.78 is 22.2. The van der Waals surface area contributed by atoms with Crippen molar-refractivity contribution < 1.29 is 8.81 Å². The molecule has 288 valence electrons. The molecule has 13 heteroatoms. The van der Waals surface area contributed by atoms with Gasteiger partial charge in [-0.1, -0.05) is 55.4 Å². The molecule has 0 spiro atoms. The molecule has 0 unspecified atom stereocenters. The average molecular weight is 722 g/mol. The molecule has 0 radical (unpaired) electrons. The summed E-state index contributed by atoms with van der Waals surface area (Å²) in [5.74, 6) is 3.80. The number of nitrogens with zero attached hydrogens (tertiary/aromatic N) is 10. The normalized spacial score (nSPS) is 10.6. The van der Waals surface area contributed by atoms with E-state index in [0.29, 0.717) is 35.8 Å². The van der Waals surface area contributed by atoms with E-state index in [9.17, 15) is 4.39 Å². The second kappa shape index (κ2) is 24.4. The Morgan fingerprint density at radius 3 is 1.54 bits per heavy atom. The van der Waals surface area contributed by atoms with Gasteiger partial charge in [0, 0.05) is 56.2 Å². The lowest BCUT2D eigenvalue weighted by Crippen LogP contribution is -2.03. The lowest BCUT2D eigenvalue weighted by Gasteiger charge is -2.01. The zero-order valence-electron chi connectivity index (χ0n) is 33.9. The van der Waals surface area contributed by atoms with E-state index < -0.39 is 6.80 Å².